The summed E-state index contributed by atoms with van der Waals surface area (Å²) in [5.41, 5.74) is 3.20. The summed E-state index contributed by atoms with van der Waals surface area (Å²) in [6.45, 7) is 2.34. The Kier molecular flexibility index (Phi) is 5.66. The maximum Gasteiger partial charge on any atom is 0.258 e. The third-order valence-electron chi connectivity index (χ3n) is 5.92. The van der Waals surface area contributed by atoms with Gasteiger partial charge in [0.1, 0.15) is 5.82 Å². The summed E-state index contributed by atoms with van der Waals surface area (Å²) in [6.07, 6.45) is 6.86. The van der Waals surface area contributed by atoms with Gasteiger partial charge < -0.3 is 14.0 Å². The summed E-state index contributed by atoms with van der Waals surface area (Å²) in [6, 6.07) is 11.7. The lowest BCUT2D eigenvalue weighted by atomic mass is 10.2. The predicted octanol–water partition coefficient (Wildman–Crippen LogP) is 4.69. The minimum absolute atomic E-state index is 0.213. The van der Waals surface area contributed by atoms with Crippen LogP contribution in [0.15, 0.2) is 53.3 Å². The average Bonchev–Trinajstić information content (AvgIpc) is 3.37. The van der Waals surface area contributed by atoms with Crippen LogP contribution >= 0.6 is 0 Å². The van der Waals surface area contributed by atoms with Crippen LogP contribution in [0.5, 0.6) is 0 Å². The Morgan fingerprint density at radius 1 is 1.00 bits per heavy atom. The van der Waals surface area contributed by atoms with Crippen molar-refractivity contribution >= 4 is 16.9 Å². The van der Waals surface area contributed by atoms with Crippen molar-refractivity contribution in [2.45, 2.75) is 38.6 Å². The topological polar surface area (TPSA) is 77.0 Å². The molecule has 5 rings (SSSR count). The first kappa shape index (κ1) is 20.4. The van der Waals surface area contributed by atoms with E-state index in [4.69, 9.17) is 4.52 Å². The molecule has 1 aliphatic heterocycles. The number of fused-ring (bicyclic) bond motifs is 1. The van der Waals surface area contributed by atoms with E-state index in [9.17, 15) is 9.18 Å². The molecule has 1 fully saturated rings. The molecule has 8 heteroatoms. The molecule has 164 valence electrons. The van der Waals surface area contributed by atoms with E-state index in [2.05, 4.69) is 15.1 Å². The number of rotatable bonds is 5. The summed E-state index contributed by atoms with van der Waals surface area (Å²) < 4.78 is 20.5. The van der Waals surface area contributed by atoms with Gasteiger partial charge in [-0.2, -0.15) is 4.98 Å². The van der Waals surface area contributed by atoms with E-state index in [-0.39, 0.29) is 11.7 Å². The van der Waals surface area contributed by atoms with Crippen LogP contribution < -0.4 is 0 Å². The number of aryl methyl sites for hydroxylation is 1. The molecule has 1 amide bonds. The Balaban J connectivity index is 1.30. The van der Waals surface area contributed by atoms with E-state index in [1.54, 1.807) is 18.5 Å². The highest BCUT2D eigenvalue weighted by atomic mass is 19.1. The number of carbonyl (C=O) groups excluding carboxylic acids is 1. The number of imidazole rings is 1. The van der Waals surface area contributed by atoms with Crippen LogP contribution in [-0.4, -0.2) is 43.6 Å². The molecule has 1 saturated heterocycles. The largest absolute Gasteiger partial charge is 0.343 e. The molecule has 3 heterocycles. The van der Waals surface area contributed by atoms with Crippen molar-refractivity contribution < 1.29 is 13.7 Å². The normalized spacial score (nSPS) is 14.6. The van der Waals surface area contributed by atoms with Gasteiger partial charge >= 0.3 is 0 Å². The molecule has 0 N–H and O–H groups in total. The molecule has 0 radical (unpaired) electrons. The molecule has 0 spiro atoms. The summed E-state index contributed by atoms with van der Waals surface area (Å²) in [4.78, 5) is 23.5. The van der Waals surface area contributed by atoms with Crippen molar-refractivity contribution in [3.05, 3.63) is 54.6 Å². The Bertz CT molecular complexity index is 1220. The fourth-order valence-electron chi connectivity index (χ4n) is 4.13. The first-order chi connectivity index (χ1) is 15.7. The standard InChI is InChI=1S/C24H24FN5O2/c25-19-8-5-17(6-9-19)24-27-23(28-32-24)18-7-10-21-20(15-18)26-16-30(21)14-11-22(31)29-12-3-1-2-4-13-29/h5-10,15-16H,1-4,11-14H2. The van der Waals surface area contributed by atoms with E-state index in [0.717, 1.165) is 42.5 Å². The van der Waals surface area contributed by atoms with Crippen LogP contribution in [-0.2, 0) is 11.3 Å². The lowest BCUT2D eigenvalue weighted by Gasteiger charge is -2.20. The van der Waals surface area contributed by atoms with Gasteiger partial charge in [0.25, 0.3) is 5.89 Å². The molecular weight excluding hydrogens is 409 g/mol. The van der Waals surface area contributed by atoms with Crippen LogP contribution in [0.4, 0.5) is 4.39 Å². The third-order valence-corrected chi connectivity index (χ3v) is 5.92. The number of hydrogen-bond donors (Lipinski definition) is 0. The van der Waals surface area contributed by atoms with Crippen LogP contribution in [0, 0.1) is 5.82 Å². The van der Waals surface area contributed by atoms with Gasteiger partial charge in [0.2, 0.25) is 11.7 Å². The first-order valence-corrected chi connectivity index (χ1v) is 11.0. The molecule has 32 heavy (non-hydrogen) atoms. The molecular formula is C24H24FN5O2. The highest BCUT2D eigenvalue weighted by Crippen LogP contribution is 2.25. The van der Waals surface area contributed by atoms with E-state index in [1.807, 2.05) is 27.7 Å². The molecule has 0 unspecified atom stereocenters. The van der Waals surface area contributed by atoms with Crippen molar-refractivity contribution in [3.63, 3.8) is 0 Å². The van der Waals surface area contributed by atoms with Crippen LogP contribution in [0.1, 0.15) is 32.1 Å². The monoisotopic (exact) mass is 433 g/mol. The summed E-state index contributed by atoms with van der Waals surface area (Å²) in [5.74, 6) is 0.669. The first-order valence-electron chi connectivity index (χ1n) is 11.0. The second-order valence-electron chi connectivity index (χ2n) is 8.12. The highest BCUT2D eigenvalue weighted by molar-refractivity contribution is 5.81. The minimum Gasteiger partial charge on any atom is -0.343 e. The number of amides is 1. The average molecular weight is 433 g/mol. The Labute approximate surface area is 184 Å². The fraction of sp³-hybridized carbons (Fsp3) is 0.333. The fourth-order valence-corrected chi connectivity index (χ4v) is 4.13. The summed E-state index contributed by atoms with van der Waals surface area (Å²) >= 11 is 0. The number of benzene rings is 2. The van der Waals surface area contributed by atoms with Gasteiger partial charge in [-0.05, 0) is 55.3 Å². The van der Waals surface area contributed by atoms with Crippen molar-refractivity contribution in [1.29, 1.82) is 0 Å². The zero-order valence-electron chi connectivity index (χ0n) is 17.7. The molecule has 7 nitrogen and oxygen atoms in total. The number of halogens is 1. The van der Waals surface area contributed by atoms with Crippen molar-refractivity contribution in [2.24, 2.45) is 0 Å². The lowest BCUT2D eigenvalue weighted by molar-refractivity contribution is -0.131. The molecule has 4 aromatic rings. The number of nitrogens with zero attached hydrogens (tertiary/aromatic N) is 5. The van der Waals surface area contributed by atoms with Gasteiger partial charge in [0.15, 0.2) is 0 Å². The zero-order chi connectivity index (χ0) is 21.9. The summed E-state index contributed by atoms with van der Waals surface area (Å²) in [7, 11) is 0. The Hall–Kier alpha value is -3.55. The quantitative estimate of drug-likeness (QED) is 0.457. The van der Waals surface area contributed by atoms with Gasteiger partial charge in [-0.25, -0.2) is 9.37 Å². The van der Waals surface area contributed by atoms with Crippen molar-refractivity contribution in [1.82, 2.24) is 24.6 Å². The van der Waals surface area contributed by atoms with E-state index in [1.165, 1.54) is 25.0 Å². The maximum absolute atomic E-state index is 13.1. The maximum atomic E-state index is 13.1. The number of aromatic nitrogens is 4. The molecule has 2 aromatic carbocycles. The molecule has 0 bridgehead atoms. The molecule has 2 aromatic heterocycles. The SMILES string of the molecule is O=C(CCn1cnc2cc(-c3noc(-c4ccc(F)cc4)n3)ccc21)N1CCCCCC1. The van der Waals surface area contributed by atoms with Gasteiger partial charge in [-0.1, -0.05) is 18.0 Å². The van der Waals surface area contributed by atoms with E-state index >= 15 is 0 Å². The molecule has 0 atom stereocenters. The van der Waals surface area contributed by atoms with Crippen molar-refractivity contribution in [3.8, 4) is 22.8 Å². The van der Waals surface area contributed by atoms with Gasteiger partial charge in [0, 0.05) is 37.2 Å². The molecule has 0 saturated carbocycles. The van der Waals surface area contributed by atoms with Gasteiger partial charge in [0.05, 0.1) is 17.4 Å². The van der Waals surface area contributed by atoms with Gasteiger partial charge in [-0.3, -0.25) is 4.79 Å². The van der Waals surface area contributed by atoms with Crippen LogP contribution in [0.2, 0.25) is 0 Å². The Morgan fingerprint density at radius 2 is 1.75 bits per heavy atom. The second kappa shape index (κ2) is 8.90. The summed E-state index contributed by atoms with van der Waals surface area (Å²) in [5, 5.41) is 4.05. The highest BCUT2D eigenvalue weighted by Gasteiger charge is 2.16. The second-order valence-corrected chi connectivity index (χ2v) is 8.12. The van der Waals surface area contributed by atoms with Crippen LogP contribution in [0.3, 0.4) is 0 Å². The molecule has 1 aliphatic rings. The van der Waals surface area contributed by atoms with Gasteiger partial charge in [-0.15, -0.1) is 0 Å². The van der Waals surface area contributed by atoms with E-state index < -0.39 is 0 Å². The predicted molar refractivity (Wildman–Crippen MR) is 118 cm³/mol. The number of likely N-dealkylation sites (tertiary alicyclic amines) is 1. The smallest absolute Gasteiger partial charge is 0.258 e. The lowest BCUT2D eigenvalue weighted by Crippen LogP contribution is -2.32. The number of hydrogen-bond acceptors (Lipinski definition) is 5. The zero-order valence-corrected chi connectivity index (χ0v) is 17.7. The number of carbonyl (C=O) groups is 1. The van der Waals surface area contributed by atoms with E-state index in [0.29, 0.717) is 30.2 Å². The van der Waals surface area contributed by atoms with Crippen molar-refractivity contribution in [2.75, 3.05) is 13.1 Å². The van der Waals surface area contributed by atoms with Crippen LogP contribution in [0.25, 0.3) is 33.9 Å². The molecule has 0 aliphatic carbocycles. The minimum atomic E-state index is -0.317. The Morgan fingerprint density at radius 3 is 2.53 bits per heavy atom. The third kappa shape index (κ3) is 4.26.